The van der Waals surface area contributed by atoms with Crippen LogP contribution in [0.4, 0.5) is 0 Å². The molecule has 0 aliphatic rings. The molecule has 0 aliphatic heterocycles. The van der Waals surface area contributed by atoms with Gasteiger partial charge in [0, 0.05) is 25.5 Å². The van der Waals surface area contributed by atoms with Crippen LogP contribution in [0.1, 0.15) is 16.1 Å². The molecular weight excluding hydrogens is 324 g/mol. The van der Waals surface area contributed by atoms with Crippen molar-refractivity contribution < 1.29 is 19.4 Å². The number of para-hydroxylation sites is 1. The summed E-state index contributed by atoms with van der Waals surface area (Å²) < 4.78 is 11.0. The first-order chi connectivity index (χ1) is 12.1. The van der Waals surface area contributed by atoms with Gasteiger partial charge in [-0.1, -0.05) is 12.1 Å². The fraction of sp³-hybridized carbons (Fsp3) is 0.353. The van der Waals surface area contributed by atoms with E-state index in [4.69, 9.17) is 15.2 Å². The van der Waals surface area contributed by atoms with Gasteiger partial charge in [0.1, 0.15) is 25.1 Å². The zero-order valence-corrected chi connectivity index (χ0v) is 14.0. The molecule has 1 atom stereocenters. The molecule has 8 heteroatoms. The molecule has 1 amide bonds. The summed E-state index contributed by atoms with van der Waals surface area (Å²) in [5, 5.41) is 12.9. The third-order valence-corrected chi connectivity index (χ3v) is 3.32. The Kier molecular flexibility index (Phi) is 7.12. The lowest BCUT2D eigenvalue weighted by Crippen LogP contribution is -2.34. The van der Waals surface area contributed by atoms with Crippen LogP contribution in [0.15, 0.2) is 36.7 Å². The summed E-state index contributed by atoms with van der Waals surface area (Å²) in [7, 11) is 0. The number of benzene rings is 1. The van der Waals surface area contributed by atoms with Gasteiger partial charge in [-0.15, -0.1) is 0 Å². The average molecular weight is 346 g/mol. The lowest BCUT2D eigenvalue weighted by Gasteiger charge is -2.14. The van der Waals surface area contributed by atoms with E-state index in [1.54, 1.807) is 37.4 Å². The van der Waals surface area contributed by atoms with Gasteiger partial charge in [0.25, 0.3) is 5.91 Å². The number of amides is 1. The van der Waals surface area contributed by atoms with Crippen LogP contribution in [0, 0.1) is 6.92 Å². The van der Waals surface area contributed by atoms with Crippen molar-refractivity contribution in [2.24, 2.45) is 5.73 Å². The summed E-state index contributed by atoms with van der Waals surface area (Å²) in [6.07, 6.45) is 2.42. The first kappa shape index (κ1) is 18.6. The number of carbonyl (C=O) groups excluding carboxylic acids is 1. The number of primary amides is 1. The number of rotatable bonds is 10. The first-order valence-corrected chi connectivity index (χ1v) is 7.88. The molecule has 2 aromatic rings. The van der Waals surface area contributed by atoms with E-state index in [-0.39, 0.29) is 6.61 Å². The molecule has 1 heterocycles. The molecule has 8 nitrogen and oxygen atoms in total. The second kappa shape index (κ2) is 9.55. The summed E-state index contributed by atoms with van der Waals surface area (Å²) in [6, 6.07) is 6.79. The fourth-order valence-electron chi connectivity index (χ4n) is 2.07. The second-order valence-electron chi connectivity index (χ2n) is 5.32. The van der Waals surface area contributed by atoms with E-state index in [2.05, 4.69) is 15.3 Å². The summed E-state index contributed by atoms with van der Waals surface area (Å²) >= 11 is 0. The number of hydrogen-bond donors (Lipinski definition) is 3. The number of nitrogens with two attached hydrogens (primary N) is 1. The van der Waals surface area contributed by atoms with Crippen LogP contribution >= 0.6 is 0 Å². The van der Waals surface area contributed by atoms with Gasteiger partial charge in [-0.05, 0) is 19.1 Å². The number of ether oxygens (including phenoxy) is 2. The zero-order chi connectivity index (χ0) is 18.1. The van der Waals surface area contributed by atoms with Gasteiger partial charge in [-0.3, -0.25) is 9.78 Å². The number of hydrogen-bond acceptors (Lipinski definition) is 7. The Hall–Kier alpha value is -2.71. The summed E-state index contributed by atoms with van der Waals surface area (Å²) in [4.78, 5) is 19.4. The molecule has 4 N–H and O–H groups in total. The topological polar surface area (TPSA) is 120 Å². The van der Waals surface area contributed by atoms with Crippen molar-refractivity contribution >= 4 is 5.91 Å². The van der Waals surface area contributed by atoms with Crippen LogP contribution < -0.4 is 20.5 Å². The lowest BCUT2D eigenvalue weighted by molar-refractivity contribution is 0.0995. The summed E-state index contributed by atoms with van der Waals surface area (Å²) in [5.74, 6) is 0.321. The molecule has 0 bridgehead atoms. The van der Waals surface area contributed by atoms with Gasteiger partial charge >= 0.3 is 0 Å². The number of nitrogens with zero attached hydrogens (tertiary/aromatic N) is 2. The number of nitrogens with one attached hydrogen (secondary N) is 1. The normalized spacial score (nSPS) is 11.8. The van der Waals surface area contributed by atoms with Crippen molar-refractivity contribution in [3.8, 4) is 11.6 Å². The molecule has 1 unspecified atom stereocenters. The van der Waals surface area contributed by atoms with Gasteiger partial charge in [0.2, 0.25) is 5.88 Å². The highest BCUT2D eigenvalue weighted by Crippen LogP contribution is 2.16. The summed E-state index contributed by atoms with van der Waals surface area (Å²) in [5.41, 5.74) is 6.30. The maximum absolute atomic E-state index is 11.3. The molecular formula is C17H22N4O4. The number of aliphatic hydroxyl groups excluding tert-OH is 1. The number of aliphatic hydroxyl groups is 1. The second-order valence-corrected chi connectivity index (χ2v) is 5.32. The highest BCUT2D eigenvalue weighted by molar-refractivity contribution is 5.95. The monoisotopic (exact) mass is 346 g/mol. The van der Waals surface area contributed by atoms with Crippen LogP contribution in [0.2, 0.25) is 0 Å². The third-order valence-electron chi connectivity index (χ3n) is 3.32. The van der Waals surface area contributed by atoms with E-state index in [1.165, 1.54) is 6.20 Å². The van der Waals surface area contributed by atoms with E-state index in [9.17, 15) is 9.90 Å². The molecule has 2 rings (SSSR count). The van der Waals surface area contributed by atoms with E-state index in [1.807, 2.05) is 0 Å². The largest absolute Gasteiger partial charge is 0.491 e. The molecule has 0 spiro atoms. The van der Waals surface area contributed by atoms with Crippen molar-refractivity contribution in [1.82, 2.24) is 15.3 Å². The highest BCUT2D eigenvalue weighted by Gasteiger charge is 2.09. The van der Waals surface area contributed by atoms with Crippen LogP contribution in [-0.2, 0) is 0 Å². The van der Waals surface area contributed by atoms with E-state index in [0.717, 1.165) is 0 Å². The maximum Gasteiger partial charge on any atom is 0.252 e. The Morgan fingerprint density at radius 2 is 2.04 bits per heavy atom. The molecule has 0 aliphatic carbocycles. The van der Waals surface area contributed by atoms with Crippen molar-refractivity contribution in [2.45, 2.75) is 13.0 Å². The lowest BCUT2D eigenvalue weighted by atomic mass is 10.2. The Balaban J connectivity index is 1.64. The molecule has 25 heavy (non-hydrogen) atoms. The van der Waals surface area contributed by atoms with Crippen molar-refractivity contribution in [2.75, 3.05) is 26.3 Å². The Bertz CT molecular complexity index is 696. The van der Waals surface area contributed by atoms with Crippen molar-refractivity contribution in [1.29, 1.82) is 0 Å². The average Bonchev–Trinajstić information content (AvgIpc) is 2.61. The Labute approximate surface area is 146 Å². The SMILES string of the molecule is Cc1nccnc1OCC(O)CNCCOc1ccccc1C(N)=O. The van der Waals surface area contributed by atoms with Crippen molar-refractivity contribution in [3.63, 3.8) is 0 Å². The summed E-state index contributed by atoms with van der Waals surface area (Å²) in [6.45, 7) is 3.06. The van der Waals surface area contributed by atoms with E-state index < -0.39 is 12.0 Å². The minimum atomic E-state index is -0.695. The fourth-order valence-corrected chi connectivity index (χ4v) is 2.07. The molecule has 1 aromatic heterocycles. The number of aromatic nitrogens is 2. The van der Waals surface area contributed by atoms with Crippen LogP contribution in [0.25, 0.3) is 0 Å². The highest BCUT2D eigenvalue weighted by atomic mass is 16.5. The van der Waals surface area contributed by atoms with Gasteiger partial charge in [0.05, 0.1) is 11.3 Å². The van der Waals surface area contributed by atoms with E-state index >= 15 is 0 Å². The minimum Gasteiger partial charge on any atom is -0.491 e. The zero-order valence-electron chi connectivity index (χ0n) is 14.0. The predicted molar refractivity (Wildman–Crippen MR) is 91.6 cm³/mol. The standard InChI is InChI=1S/C17H22N4O4/c1-12-17(21-7-6-20-12)25-11-13(22)10-19-8-9-24-15-5-3-2-4-14(15)16(18)23/h2-7,13,19,22H,8-11H2,1H3,(H2,18,23). The van der Waals surface area contributed by atoms with Crippen molar-refractivity contribution in [3.05, 3.63) is 47.9 Å². The van der Waals surface area contributed by atoms with Gasteiger partial charge in [-0.2, -0.15) is 0 Å². The molecule has 0 radical (unpaired) electrons. The van der Waals surface area contributed by atoms with Gasteiger partial charge in [0.15, 0.2) is 0 Å². The molecule has 0 fully saturated rings. The molecule has 0 saturated heterocycles. The Morgan fingerprint density at radius 1 is 1.28 bits per heavy atom. The van der Waals surface area contributed by atoms with Crippen LogP contribution in [0.5, 0.6) is 11.6 Å². The van der Waals surface area contributed by atoms with Gasteiger partial charge < -0.3 is 25.6 Å². The number of aryl methyl sites for hydroxylation is 1. The molecule has 134 valence electrons. The number of carbonyl (C=O) groups is 1. The quantitative estimate of drug-likeness (QED) is 0.529. The molecule has 0 saturated carbocycles. The smallest absolute Gasteiger partial charge is 0.252 e. The van der Waals surface area contributed by atoms with Crippen LogP contribution in [0.3, 0.4) is 0 Å². The predicted octanol–water partition coefficient (Wildman–Crippen LogP) is 0.292. The first-order valence-electron chi connectivity index (χ1n) is 7.88. The minimum absolute atomic E-state index is 0.109. The van der Waals surface area contributed by atoms with E-state index in [0.29, 0.717) is 42.6 Å². The Morgan fingerprint density at radius 3 is 2.80 bits per heavy atom. The third kappa shape index (κ3) is 6.02. The van der Waals surface area contributed by atoms with Crippen LogP contribution in [-0.4, -0.2) is 53.4 Å². The maximum atomic E-state index is 11.3. The van der Waals surface area contributed by atoms with Gasteiger partial charge in [-0.25, -0.2) is 4.98 Å². The molecule has 1 aromatic carbocycles.